The molecule has 2 aromatic rings. The first-order chi connectivity index (χ1) is 10.1. The number of thiazole rings is 1. The van der Waals surface area contributed by atoms with Crippen LogP contribution in [0.2, 0.25) is 0 Å². The van der Waals surface area contributed by atoms with E-state index in [0.29, 0.717) is 5.92 Å². The molecule has 1 aromatic heterocycles. The van der Waals surface area contributed by atoms with E-state index in [1.165, 1.54) is 17.0 Å². The Balaban J connectivity index is 1.79. The quantitative estimate of drug-likeness (QED) is 0.719. The van der Waals surface area contributed by atoms with Crippen molar-refractivity contribution in [2.24, 2.45) is 11.8 Å². The van der Waals surface area contributed by atoms with Gasteiger partial charge in [0.1, 0.15) is 0 Å². The van der Waals surface area contributed by atoms with E-state index in [4.69, 9.17) is 4.98 Å². The second kappa shape index (κ2) is 8.30. The van der Waals surface area contributed by atoms with Gasteiger partial charge in [0.25, 0.3) is 0 Å². The maximum atomic E-state index is 4.78. The predicted molar refractivity (Wildman–Crippen MR) is 92.7 cm³/mol. The lowest BCUT2D eigenvalue weighted by Crippen LogP contribution is -2.22. The van der Waals surface area contributed by atoms with Crippen molar-refractivity contribution in [1.82, 2.24) is 10.3 Å². The van der Waals surface area contributed by atoms with Crippen LogP contribution in [0.3, 0.4) is 0 Å². The minimum atomic E-state index is 0.680. The van der Waals surface area contributed by atoms with E-state index in [0.717, 1.165) is 31.1 Å². The third-order valence-electron chi connectivity index (χ3n) is 3.51. The Morgan fingerprint density at radius 3 is 2.62 bits per heavy atom. The fourth-order valence-electron chi connectivity index (χ4n) is 2.29. The molecular formula is C18H26N2S. The molecule has 1 heterocycles. The fraction of sp³-hybridized carbons (Fsp3) is 0.500. The minimum absolute atomic E-state index is 0.680. The monoisotopic (exact) mass is 302 g/mol. The van der Waals surface area contributed by atoms with Crippen molar-refractivity contribution in [3.8, 4) is 11.3 Å². The van der Waals surface area contributed by atoms with Gasteiger partial charge in [-0.3, -0.25) is 0 Å². The largest absolute Gasteiger partial charge is 0.316 e. The number of nitrogens with zero attached hydrogens (tertiary/aromatic N) is 1. The number of rotatable bonds is 8. The molecule has 1 atom stereocenters. The van der Waals surface area contributed by atoms with Crippen molar-refractivity contribution < 1.29 is 0 Å². The van der Waals surface area contributed by atoms with Crippen LogP contribution in [0.25, 0.3) is 11.3 Å². The van der Waals surface area contributed by atoms with Gasteiger partial charge in [-0.15, -0.1) is 11.3 Å². The summed E-state index contributed by atoms with van der Waals surface area (Å²) in [5.41, 5.74) is 2.33. The second-order valence-electron chi connectivity index (χ2n) is 6.19. The molecule has 2 rings (SSSR count). The van der Waals surface area contributed by atoms with Gasteiger partial charge in [-0.05, 0) is 31.3 Å². The molecule has 0 spiro atoms. The van der Waals surface area contributed by atoms with Gasteiger partial charge in [0, 0.05) is 17.4 Å². The van der Waals surface area contributed by atoms with Crippen LogP contribution in [-0.2, 0) is 6.42 Å². The Morgan fingerprint density at radius 2 is 1.90 bits per heavy atom. The molecule has 0 aliphatic heterocycles. The molecule has 0 saturated carbocycles. The van der Waals surface area contributed by atoms with Crippen molar-refractivity contribution in [2.75, 3.05) is 13.1 Å². The van der Waals surface area contributed by atoms with Crippen molar-refractivity contribution in [1.29, 1.82) is 0 Å². The van der Waals surface area contributed by atoms with Crippen molar-refractivity contribution in [3.05, 3.63) is 40.7 Å². The van der Waals surface area contributed by atoms with E-state index < -0.39 is 0 Å². The highest BCUT2D eigenvalue weighted by Gasteiger charge is 2.09. The molecular weight excluding hydrogens is 276 g/mol. The van der Waals surface area contributed by atoms with Gasteiger partial charge in [-0.1, -0.05) is 51.1 Å². The van der Waals surface area contributed by atoms with E-state index in [1.807, 2.05) is 6.07 Å². The molecule has 114 valence electrons. The molecule has 21 heavy (non-hydrogen) atoms. The molecule has 1 N–H and O–H groups in total. The third-order valence-corrected chi connectivity index (χ3v) is 4.38. The van der Waals surface area contributed by atoms with Gasteiger partial charge < -0.3 is 5.32 Å². The highest BCUT2D eigenvalue weighted by molar-refractivity contribution is 7.09. The number of aromatic nitrogens is 1. The fourth-order valence-corrected chi connectivity index (χ4v) is 3.25. The van der Waals surface area contributed by atoms with Gasteiger partial charge in [-0.25, -0.2) is 4.98 Å². The molecule has 0 bridgehead atoms. The van der Waals surface area contributed by atoms with Gasteiger partial charge in [0.2, 0.25) is 0 Å². The molecule has 0 aliphatic rings. The Labute approximate surface area is 132 Å². The van der Waals surface area contributed by atoms with Gasteiger partial charge in [0.15, 0.2) is 0 Å². The zero-order chi connectivity index (χ0) is 15.1. The summed E-state index contributed by atoms with van der Waals surface area (Å²) in [6.07, 6.45) is 2.30. The normalized spacial score (nSPS) is 12.8. The van der Waals surface area contributed by atoms with E-state index in [1.54, 1.807) is 11.3 Å². The zero-order valence-corrected chi connectivity index (χ0v) is 14.1. The van der Waals surface area contributed by atoms with Crippen LogP contribution >= 0.6 is 11.3 Å². The molecule has 0 aliphatic carbocycles. The molecule has 0 saturated heterocycles. The maximum Gasteiger partial charge on any atom is 0.0935 e. The average Bonchev–Trinajstić information content (AvgIpc) is 2.93. The van der Waals surface area contributed by atoms with Crippen LogP contribution in [0.15, 0.2) is 35.7 Å². The molecule has 0 fully saturated rings. The molecule has 0 amide bonds. The zero-order valence-electron chi connectivity index (χ0n) is 13.3. The number of benzene rings is 1. The Bertz CT molecular complexity index is 519. The highest BCUT2D eigenvalue weighted by atomic mass is 32.1. The van der Waals surface area contributed by atoms with E-state index in [2.05, 4.69) is 55.7 Å². The summed E-state index contributed by atoms with van der Waals surface area (Å²) >= 11 is 1.79. The van der Waals surface area contributed by atoms with Crippen LogP contribution in [0.1, 0.15) is 32.2 Å². The lowest BCUT2D eigenvalue weighted by molar-refractivity contribution is 0.474. The maximum absolute atomic E-state index is 4.78. The van der Waals surface area contributed by atoms with E-state index in [9.17, 15) is 0 Å². The lowest BCUT2D eigenvalue weighted by Gasteiger charge is -2.11. The van der Waals surface area contributed by atoms with Crippen molar-refractivity contribution in [3.63, 3.8) is 0 Å². The third kappa shape index (κ3) is 5.60. The first-order valence-corrected chi connectivity index (χ1v) is 8.73. The SMILES string of the molecule is CC(C)CNCCC(C)Cc1nc(-c2ccccc2)cs1. The first-order valence-electron chi connectivity index (χ1n) is 7.85. The predicted octanol–water partition coefficient (Wildman–Crippen LogP) is 4.62. The summed E-state index contributed by atoms with van der Waals surface area (Å²) in [5, 5.41) is 6.95. The summed E-state index contributed by atoms with van der Waals surface area (Å²) in [7, 11) is 0. The van der Waals surface area contributed by atoms with Gasteiger partial charge in [0.05, 0.1) is 10.7 Å². The summed E-state index contributed by atoms with van der Waals surface area (Å²) in [5.74, 6) is 1.41. The Kier molecular flexibility index (Phi) is 6.40. The van der Waals surface area contributed by atoms with E-state index >= 15 is 0 Å². The number of nitrogens with one attached hydrogen (secondary N) is 1. The second-order valence-corrected chi connectivity index (χ2v) is 7.13. The number of hydrogen-bond donors (Lipinski definition) is 1. The molecule has 0 radical (unpaired) electrons. The lowest BCUT2D eigenvalue weighted by atomic mass is 10.0. The summed E-state index contributed by atoms with van der Waals surface area (Å²) in [6.45, 7) is 9.03. The standard InChI is InChI=1S/C18H26N2S/c1-14(2)12-19-10-9-15(3)11-18-20-17(13-21-18)16-7-5-4-6-8-16/h4-8,13-15,19H,9-12H2,1-3H3. The molecule has 3 heteroatoms. The Morgan fingerprint density at radius 1 is 1.14 bits per heavy atom. The van der Waals surface area contributed by atoms with Gasteiger partial charge in [-0.2, -0.15) is 0 Å². The minimum Gasteiger partial charge on any atom is -0.316 e. The van der Waals surface area contributed by atoms with Crippen LogP contribution in [-0.4, -0.2) is 18.1 Å². The van der Waals surface area contributed by atoms with E-state index in [-0.39, 0.29) is 0 Å². The van der Waals surface area contributed by atoms with Crippen LogP contribution in [0.4, 0.5) is 0 Å². The Hall–Kier alpha value is -1.19. The first kappa shape index (κ1) is 16.2. The molecule has 2 nitrogen and oxygen atoms in total. The topological polar surface area (TPSA) is 24.9 Å². The van der Waals surface area contributed by atoms with Crippen molar-refractivity contribution >= 4 is 11.3 Å². The number of hydrogen-bond acceptors (Lipinski definition) is 3. The summed E-state index contributed by atoms with van der Waals surface area (Å²) < 4.78 is 0. The smallest absolute Gasteiger partial charge is 0.0935 e. The molecule has 1 aromatic carbocycles. The van der Waals surface area contributed by atoms with Crippen LogP contribution in [0.5, 0.6) is 0 Å². The highest BCUT2D eigenvalue weighted by Crippen LogP contribution is 2.23. The van der Waals surface area contributed by atoms with Crippen LogP contribution in [0, 0.1) is 11.8 Å². The summed E-state index contributed by atoms with van der Waals surface area (Å²) in [6, 6.07) is 10.4. The summed E-state index contributed by atoms with van der Waals surface area (Å²) in [4.78, 5) is 4.78. The van der Waals surface area contributed by atoms with Crippen LogP contribution < -0.4 is 5.32 Å². The average molecular weight is 302 g/mol. The van der Waals surface area contributed by atoms with Crippen molar-refractivity contribution in [2.45, 2.75) is 33.6 Å². The van der Waals surface area contributed by atoms with Gasteiger partial charge >= 0.3 is 0 Å². The molecule has 1 unspecified atom stereocenters.